The molecule has 1 unspecified atom stereocenters. The van der Waals surface area contributed by atoms with E-state index in [0.717, 1.165) is 0 Å². The number of hydrogen-bond donors (Lipinski definition) is 0. The van der Waals surface area contributed by atoms with Crippen molar-refractivity contribution in [2.45, 2.75) is 32.2 Å². The highest BCUT2D eigenvalue weighted by Crippen LogP contribution is 2.39. The molecule has 2 aromatic carbocycles. The quantitative estimate of drug-likeness (QED) is 0.405. The standard InChI is InChI=1S/C22H21FN2O5/c1-3-19-21(22(27)30-2)18(15-5-4-6-16(23)11-15)12-20(26)24(19)13-14-7-9-17(10-8-14)25(28)29/h4-11,18H,3,12-13H2,1-2H3. The first-order valence-electron chi connectivity index (χ1n) is 9.46. The summed E-state index contributed by atoms with van der Waals surface area (Å²) in [6.45, 7) is 1.98. The molecule has 0 N–H and O–H groups in total. The van der Waals surface area contributed by atoms with Gasteiger partial charge in [0, 0.05) is 30.2 Å². The molecule has 0 bridgehead atoms. The molecule has 0 saturated carbocycles. The lowest BCUT2D eigenvalue weighted by atomic mass is 9.82. The zero-order valence-corrected chi connectivity index (χ0v) is 16.6. The Hall–Kier alpha value is -3.55. The van der Waals surface area contributed by atoms with Crippen molar-refractivity contribution in [3.05, 3.63) is 86.9 Å². The summed E-state index contributed by atoms with van der Waals surface area (Å²) in [5, 5.41) is 10.9. The maximum absolute atomic E-state index is 13.8. The van der Waals surface area contributed by atoms with Crippen molar-refractivity contribution in [2.24, 2.45) is 0 Å². The predicted octanol–water partition coefficient (Wildman–Crippen LogP) is 4.09. The molecule has 0 aromatic heterocycles. The molecule has 156 valence electrons. The number of halogens is 1. The molecule has 1 aliphatic rings. The van der Waals surface area contributed by atoms with E-state index in [0.29, 0.717) is 28.8 Å². The number of esters is 1. The number of non-ortho nitro benzene ring substituents is 1. The number of benzene rings is 2. The summed E-state index contributed by atoms with van der Waals surface area (Å²) in [6, 6.07) is 11.7. The Morgan fingerprint density at radius 1 is 1.27 bits per heavy atom. The van der Waals surface area contributed by atoms with E-state index in [4.69, 9.17) is 4.74 Å². The van der Waals surface area contributed by atoms with Crippen molar-refractivity contribution in [3.8, 4) is 0 Å². The van der Waals surface area contributed by atoms with Crippen LogP contribution in [0.1, 0.15) is 36.8 Å². The molecule has 3 rings (SSSR count). The molecule has 0 saturated heterocycles. The van der Waals surface area contributed by atoms with E-state index in [2.05, 4.69) is 0 Å². The molecule has 0 aliphatic carbocycles. The van der Waals surface area contributed by atoms with Crippen LogP contribution in [0, 0.1) is 15.9 Å². The lowest BCUT2D eigenvalue weighted by Crippen LogP contribution is -2.38. The first kappa shape index (κ1) is 21.2. The van der Waals surface area contributed by atoms with Gasteiger partial charge in [-0.3, -0.25) is 14.9 Å². The van der Waals surface area contributed by atoms with Gasteiger partial charge in [-0.15, -0.1) is 0 Å². The fourth-order valence-corrected chi connectivity index (χ4v) is 3.73. The van der Waals surface area contributed by atoms with Crippen molar-refractivity contribution >= 4 is 17.6 Å². The highest BCUT2D eigenvalue weighted by atomic mass is 19.1. The maximum atomic E-state index is 13.8. The highest BCUT2D eigenvalue weighted by Gasteiger charge is 2.37. The molecular formula is C22H21FN2O5. The van der Waals surface area contributed by atoms with Crippen LogP contribution in [0.5, 0.6) is 0 Å². The van der Waals surface area contributed by atoms with Gasteiger partial charge in [-0.1, -0.05) is 31.2 Å². The molecular weight excluding hydrogens is 391 g/mol. The molecule has 2 aromatic rings. The van der Waals surface area contributed by atoms with Crippen LogP contribution in [0.4, 0.5) is 10.1 Å². The molecule has 0 radical (unpaired) electrons. The first-order valence-corrected chi connectivity index (χ1v) is 9.46. The third kappa shape index (κ3) is 4.22. The Morgan fingerprint density at radius 2 is 1.97 bits per heavy atom. The van der Waals surface area contributed by atoms with Crippen molar-refractivity contribution < 1.29 is 23.6 Å². The average Bonchev–Trinajstić information content (AvgIpc) is 2.74. The number of rotatable bonds is 6. The Balaban J connectivity index is 2.03. The largest absolute Gasteiger partial charge is 0.466 e. The molecule has 1 amide bonds. The van der Waals surface area contributed by atoms with Crippen LogP contribution >= 0.6 is 0 Å². The van der Waals surface area contributed by atoms with Gasteiger partial charge in [0.25, 0.3) is 5.69 Å². The van der Waals surface area contributed by atoms with Crippen molar-refractivity contribution in [1.82, 2.24) is 4.90 Å². The van der Waals surface area contributed by atoms with Gasteiger partial charge in [-0.25, -0.2) is 9.18 Å². The minimum atomic E-state index is -0.608. The van der Waals surface area contributed by atoms with Gasteiger partial charge in [0.05, 0.1) is 24.2 Å². The van der Waals surface area contributed by atoms with Gasteiger partial charge in [-0.2, -0.15) is 0 Å². The van der Waals surface area contributed by atoms with Crippen molar-refractivity contribution in [1.29, 1.82) is 0 Å². The number of nitro benzene ring substituents is 1. The minimum absolute atomic E-state index is 0.00956. The normalized spacial score (nSPS) is 16.6. The van der Waals surface area contributed by atoms with Crippen molar-refractivity contribution in [3.63, 3.8) is 0 Å². The molecule has 1 atom stereocenters. The van der Waals surface area contributed by atoms with Gasteiger partial charge in [0.2, 0.25) is 5.91 Å². The summed E-state index contributed by atoms with van der Waals surface area (Å²) in [5.74, 6) is -1.84. The van der Waals surface area contributed by atoms with E-state index >= 15 is 0 Å². The van der Waals surface area contributed by atoms with E-state index in [1.54, 1.807) is 24.3 Å². The third-order valence-electron chi connectivity index (χ3n) is 5.14. The number of ether oxygens (including phenoxy) is 1. The van der Waals surface area contributed by atoms with Crippen LogP contribution in [0.15, 0.2) is 59.8 Å². The van der Waals surface area contributed by atoms with Crippen LogP contribution in [-0.2, 0) is 20.9 Å². The molecule has 0 spiro atoms. The smallest absolute Gasteiger partial charge is 0.336 e. The second-order valence-electron chi connectivity index (χ2n) is 6.92. The van der Waals surface area contributed by atoms with Gasteiger partial charge >= 0.3 is 5.97 Å². The molecule has 8 heteroatoms. The summed E-state index contributed by atoms with van der Waals surface area (Å²) in [7, 11) is 1.27. The Kier molecular flexibility index (Phi) is 6.25. The Labute approximate surface area is 172 Å². The Bertz CT molecular complexity index is 1020. The van der Waals surface area contributed by atoms with Gasteiger partial charge in [0.1, 0.15) is 5.82 Å². The molecule has 30 heavy (non-hydrogen) atoms. The van der Waals surface area contributed by atoms with Crippen LogP contribution in [0.25, 0.3) is 0 Å². The van der Waals surface area contributed by atoms with Crippen LogP contribution in [-0.4, -0.2) is 28.8 Å². The number of nitro groups is 1. The fraction of sp³-hybridized carbons (Fsp3) is 0.273. The summed E-state index contributed by atoms with van der Waals surface area (Å²) in [4.78, 5) is 37.5. The summed E-state index contributed by atoms with van der Waals surface area (Å²) >= 11 is 0. The van der Waals surface area contributed by atoms with Gasteiger partial charge in [0.15, 0.2) is 0 Å². The number of hydrogen-bond acceptors (Lipinski definition) is 5. The molecule has 7 nitrogen and oxygen atoms in total. The van der Waals surface area contributed by atoms with Crippen LogP contribution in [0.3, 0.4) is 0 Å². The van der Waals surface area contributed by atoms with Gasteiger partial charge in [-0.05, 0) is 29.7 Å². The van der Waals surface area contributed by atoms with E-state index in [-0.39, 0.29) is 24.6 Å². The Morgan fingerprint density at radius 3 is 2.53 bits per heavy atom. The summed E-state index contributed by atoms with van der Waals surface area (Å²) < 4.78 is 18.8. The maximum Gasteiger partial charge on any atom is 0.336 e. The lowest BCUT2D eigenvalue weighted by Gasteiger charge is -2.35. The predicted molar refractivity (Wildman–Crippen MR) is 107 cm³/mol. The fourth-order valence-electron chi connectivity index (χ4n) is 3.73. The number of nitrogens with zero attached hydrogens (tertiary/aromatic N) is 2. The van der Waals surface area contributed by atoms with E-state index in [9.17, 15) is 24.1 Å². The van der Waals surface area contributed by atoms with E-state index < -0.39 is 22.6 Å². The topological polar surface area (TPSA) is 89.8 Å². The monoisotopic (exact) mass is 412 g/mol. The van der Waals surface area contributed by atoms with Crippen LogP contribution < -0.4 is 0 Å². The molecule has 0 fully saturated rings. The lowest BCUT2D eigenvalue weighted by molar-refractivity contribution is -0.384. The molecule has 1 heterocycles. The number of carbonyl (C=O) groups is 2. The number of carbonyl (C=O) groups excluding carboxylic acids is 2. The number of allylic oxidation sites excluding steroid dienone is 1. The zero-order valence-electron chi connectivity index (χ0n) is 16.6. The summed E-state index contributed by atoms with van der Waals surface area (Å²) in [6.07, 6.45) is 0.374. The zero-order chi connectivity index (χ0) is 21.8. The van der Waals surface area contributed by atoms with Crippen LogP contribution in [0.2, 0.25) is 0 Å². The van der Waals surface area contributed by atoms with Crippen molar-refractivity contribution in [2.75, 3.05) is 7.11 Å². The minimum Gasteiger partial charge on any atom is -0.466 e. The summed E-state index contributed by atoms with van der Waals surface area (Å²) in [5.41, 5.74) is 2.01. The first-order chi connectivity index (χ1) is 14.3. The highest BCUT2D eigenvalue weighted by molar-refractivity contribution is 5.95. The number of amides is 1. The van der Waals surface area contributed by atoms with E-state index in [1.165, 1.54) is 36.3 Å². The second kappa shape index (κ2) is 8.86. The van der Waals surface area contributed by atoms with Gasteiger partial charge < -0.3 is 9.64 Å². The number of methoxy groups -OCH3 is 1. The average molecular weight is 412 g/mol. The van der Waals surface area contributed by atoms with E-state index in [1.807, 2.05) is 6.92 Å². The second-order valence-corrected chi connectivity index (χ2v) is 6.92. The molecule has 1 aliphatic heterocycles. The third-order valence-corrected chi connectivity index (χ3v) is 5.14. The SMILES string of the molecule is CCC1=C(C(=O)OC)C(c2cccc(F)c2)CC(=O)N1Cc1ccc([N+](=O)[O-])cc1.